The summed E-state index contributed by atoms with van der Waals surface area (Å²) in [4.78, 5) is 16.6. The van der Waals surface area contributed by atoms with Gasteiger partial charge in [0.05, 0.1) is 11.5 Å². The van der Waals surface area contributed by atoms with Gasteiger partial charge in [-0.05, 0) is 45.7 Å². The maximum Gasteiger partial charge on any atom is 0.256 e. The van der Waals surface area contributed by atoms with Gasteiger partial charge in [-0.2, -0.15) is 0 Å². The lowest BCUT2D eigenvalue weighted by Crippen LogP contribution is -2.45. The number of nitrogens with one attached hydrogen (secondary N) is 2. The maximum atomic E-state index is 13.4. The van der Waals surface area contributed by atoms with E-state index in [2.05, 4.69) is 41.5 Å². The number of ether oxygens (including phenoxy) is 1. The van der Waals surface area contributed by atoms with Gasteiger partial charge in [-0.15, -0.1) is 11.3 Å². The molecule has 1 atom stereocenters. The van der Waals surface area contributed by atoms with Gasteiger partial charge in [0.2, 0.25) is 0 Å². The second-order valence-corrected chi connectivity index (χ2v) is 7.93. The number of hydrogen-bond donors (Lipinski definition) is 2. The van der Waals surface area contributed by atoms with Crippen molar-refractivity contribution in [2.75, 3.05) is 37.7 Å². The first-order valence-electron chi connectivity index (χ1n) is 10.3. The summed E-state index contributed by atoms with van der Waals surface area (Å²) in [5, 5.41) is 7.65. The fraction of sp³-hybridized carbons (Fsp3) is 0.500. The van der Waals surface area contributed by atoms with Crippen LogP contribution in [0.1, 0.15) is 44.0 Å². The number of rotatable bonds is 8. The van der Waals surface area contributed by atoms with E-state index in [1.54, 1.807) is 11.3 Å². The highest BCUT2D eigenvalue weighted by molar-refractivity contribution is 7.20. The molecule has 1 fully saturated rings. The van der Waals surface area contributed by atoms with Crippen molar-refractivity contribution < 1.29 is 9.53 Å². The number of anilines is 1. The molecule has 1 aliphatic heterocycles. The van der Waals surface area contributed by atoms with Crippen LogP contribution >= 0.6 is 11.3 Å². The molecule has 1 amide bonds. The zero-order valence-electron chi connectivity index (χ0n) is 17.1. The summed E-state index contributed by atoms with van der Waals surface area (Å²) in [6.45, 7) is 10.4. The molecule has 0 aliphatic carbocycles. The Hall–Kier alpha value is -2.05. The van der Waals surface area contributed by atoms with E-state index in [1.165, 1.54) is 0 Å². The fourth-order valence-electron chi connectivity index (χ4n) is 3.63. The van der Waals surface area contributed by atoms with E-state index in [-0.39, 0.29) is 11.9 Å². The summed E-state index contributed by atoms with van der Waals surface area (Å²) in [6.07, 6.45) is 2.10. The van der Waals surface area contributed by atoms with Crippen molar-refractivity contribution >= 4 is 22.2 Å². The van der Waals surface area contributed by atoms with Gasteiger partial charge in [-0.1, -0.05) is 30.3 Å². The molecular weight excluding hydrogens is 370 g/mol. The molecule has 2 aromatic rings. The van der Waals surface area contributed by atoms with Crippen LogP contribution in [0.15, 0.2) is 30.3 Å². The molecule has 152 valence electrons. The largest absolute Gasteiger partial charge is 0.490 e. The highest BCUT2D eigenvalue weighted by Gasteiger charge is 2.29. The molecule has 0 bridgehead atoms. The van der Waals surface area contributed by atoms with Crippen LogP contribution in [0.25, 0.3) is 10.4 Å². The van der Waals surface area contributed by atoms with Crippen molar-refractivity contribution in [3.63, 3.8) is 0 Å². The lowest BCUT2D eigenvalue weighted by atomic mass is 10.1. The number of carbonyl (C=O) groups is 1. The lowest BCUT2D eigenvalue weighted by Gasteiger charge is -2.24. The maximum absolute atomic E-state index is 13.4. The number of nitrogens with zero attached hydrogens (tertiary/aromatic N) is 1. The van der Waals surface area contributed by atoms with Gasteiger partial charge < -0.3 is 20.3 Å². The Morgan fingerprint density at radius 1 is 1.25 bits per heavy atom. The Morgan fingerprint density at radius 3 is 2.61 bits per heavy atom. The fourth-order valence-corrected chi connectivity index (χ4v) is 5.01. The summed E-state index contributed by atoms with van der Waals surface area (Å²) >= 11 is 1.65. The molecule has 3 rings (SSSR count). The molecule has 1 aromatic heterocycles. The zero-order valence-corrected chi connectivity index (χ0v) is 17.9. The highest BCUT2D eigenvalue weighted by atomic mass is 32.1. The molecule has 1 saturated heterocycles. The number of thiophene rings is 1. The van der Waals surface area contributed by atoms with E-state index in [4.69, 9.17) is 4.74 Å². The van der Waals surface area contributed by atoms with Gasteiger partial charge >= 0.3 is 0 Å². The van der Waals surface area contributed by atoms with E-state index in [1.807, 2.05) is 25.1 Å². The van der Waals surface area contributed by atoms with Crippen LogP contribution in [0.3, 0.4) is 0 Å². The minimum absolute atomic E-state index is 0.0364. The summed E-state index contributed by atoms with van der Waals surface area (Å²) in [7, 11) is 0. The Labute approximate surface area is 172 Å². The molecule has 1 aromatic carbocycles. The van der Waals surface area contributed by atoms with Crippen molar-refractivity contribution in [3.8, 4) is 16.2 Å². The van der Waals surface area contributed by atoms with Crippen molar-refractivity contribution in [2.24, 2.45) is 0 Å². The minimum Gasteiger partial charge on any atom is -0.490 e. The summed E-state index contributed by atoms with van der Waals surface area (Å²) in [5.41, 5.74) is 1.73. The van der Waals surface area contributed by atoms with Crippen molar-refractivity contribution in [3.05, 3.63) is 35.9 Å². The topological polar surface area (TPSA) is 53.6 Å². The van der Waals surface area contributed by atoms with Crippen LogP contribution in [0, 0.1) is 0 Å². The summed E-state index contributed by atoms with van der Waals surface area (Å²) < 4.78 is 6.06. The van der Waals surface area contributed by atoms with E-state index >= 15 is 0 Å². The molecule has 2 N–H and O–H groups in total. The monoisotopic (exact) mass is 401 g/mol. The Kier molecular flexibility index (Phi) is 7.34. The Bertz CT molecular complexity index is 766. The standard InChI is InChI=1S/C22H31N3O2S/c1-4-25(5-2)22-19(27-6-3)18(20(28-22)16-11-8-7-9-12-16)21(26)24-17-13-10-14-23-15-17/h7-9,11-12,17,23H,4-6,10,13-15H2,1-3H3,(H,24,26). The first kappa shape index (κ1) is 20.7. The van der Waals surface area contributed by atoms with Gasteiger partial charge in [0.15, 0.2) is 5.75 Å². The summed E-state index contributed by atoms with van der Waals surface area (Å²) in [5.74, 6) is 0.682. The first-order chi connectivity index (χ1) is 13.7. The van der Waals surface area contributed by atoms with E-state index < -0.39 is 0 Å². The third kappa shape index (κ3) is 4.50. The number of amides is 1. The molecule has 1 unspecified atom stereocenters. The number of hydrogen-bond acceptors (Lipinski definition) is 5. The van der Waals surface area contributed by atoms with Crippen molar-refractivity contribution in [1.29, 1.82) is 0 Å². The first-order valence-corrected chi connectivity index (χ1v) is 11.1. The average molecular weight is 402 g/mol. The number of piperidine rings is 1. The van der Waals surface area contributed by atoms with E-state index in [0.29, 0.717) is 12.2 Å². The Morgan fingerprint density at radius 2 is 2.00 bits per heavy atom. The molecule has 5 nitrogen and oxygen atoms in total. The van der Waals surface area contributed by atoms with Gasteiger partial charge in [-0.25, -0.2) is 0 Å². The van der Waals surface area contributed by atoms with Crippen LogP contribution in [-0.4, -0.2) is 44.7 Å². The zero-order chi connectivity index (χ0) is 19.9. The average Bonchev–Trinajstić information content (AvgIpc) is 3.10. The molecule has 1 aliphatic rings. The lowest BCUT2D eigenvalue weighted by molar-refractivity contribution is 0.0928. The van der Waals surface area contributed by atoms with Crippen molar-refractivity contribution in [1.82, 2.24) is 10.6 Å². The normalized spacial score (nSPS) is 16.6. The molecule has 0 spiro atoms. The van der Waals surface area contributed by atoms with Crippen LogP contribution in [0.5, 0.6) is 5.75 Å². The van der Waals surface area contributed by atoms with E-state index in [0.717, 1.165) is 60.2 Å². The molecule has 0 radical (unpaired) electrons. The SMILES string of the molecule is CCOc1c(N(CC)CC)sc(-c2ccccc2)c1C(=O)NC1CCCNC1. The predicted molar refractivity (Wildman–Crippen MR) is 118 cm³/mol. The van der Waals surface area contributed by atoms with Crippen LogP contribution in [0.4, 0.5) is 5.00 Å². The smallest absolute Gasteiger partial charge is 0.256 e. The molecule has 28 heavy (non-hydrogen) atoms. The molecule has 2 heterocycles. The summed E-state index contributed by atoms with van der Waals surface area (Å²) in [6, 6.07) is 10.3. The Balaban J connectivity index is 2.06. The van der Waals surface area contributed by atoms with Crippen LogP contribution in [-0.2, 0) is 0 Å². The number of carbonyl (C=O) groups excluding carboxylic acids is 1. The van der Waals surface area contributed by atoms with Gasteiger partial charge in [-0.3, -0.25) is 4.79 Å². The molecular formula is C22H31N3O2S. The number of benzene rings is 1. The second kappa shape index (κ2) is 9.94. The third-order valence-corrected chi connectivity index (χ3v) is 6.36. The highest BCUT2D eigenvalue weighted by Crippen LogP contribution is 2.47. The molecule has 6 heteroatoms. The minimum atomic E-state index is -0.0364. The third-order valence-electron chi connectivity index (χ3n) is 5.08. The quantitative estimate of drug-likeness (QED) is 0.698. The van der Waals surface area contributed by atoms with Gasteiger partial charge in [0.25, 0.3) is 5.91 Å². The second-order valence-electron chi connectivity index (χ2n) is 6.93. The van der Waals surface area contributed by atoms with Crippen LogP contribution < -0.4 is 20.3 Å². The predicted octanol–water partition coefficient (Wildman–Crippen LogP) is 4.14. The van der Waals surface area contributed by atoms with Crippen molar-refractivity contribution in [2.45, 2.75) is 39.7 Å². The van der Waals surface area contributed by atoms with Gasteiger partial charge in [0, 0.05) is 25.7 Å². The van der Waals surface area contributed by atoms with Gasteiger partial charge in [0.1, 0.15) is 10.6 Å². The van der Waals surface area contributed by atoms with Crippen LogP contribution in [0.2, 0.25) is 0 Å². The van der Waals surface area contributed by atoms with E-state index in [9.17, 15) is 4.79 Å². The molecule has 0 saturated carbocycles.